The highest BCUT2D eigenvalue weighted by Gasteiger charge is 2.34. The molecule has 1 fully saturated rings. The number of nitrogens with zero attached hydrogens (tertiary/aromatic N) is 2. The van der Waals surface area contributed by atoms with Crippen molar-refractivity contribution in [3.63, 3.8) is 0 Å². The highest BCUT2D eigenvalue weighted by molar-refractivity contribution is 7.89. The Kier molecular flexibility index (Phi) is 5.75. The molecule has 2 heterocycles. The van der Waals surface area contributed by atoms with Gasteiger partial charge in [-0.25, -0.2) is 22.2 Å². The number of thiazole rings is 1. The monoisotopic (exact) mass is 471 g/mol. The molecule has 3 aromatic rings. The molecule has 1 N–H and O–H groups in total. The molecule has 1 aliphatic rings. The first-order valence-electron chi connectivity index (χ1n) is 9.07. The number of carbonyl (C=O) groups is 1. The fourth-order valence-electron chi connectivity index (χ4n) is 3.35. The number of hydrogen-bond acceptors (Lipinski definition) is 5. The molecule has 0 unspecified atom stereocenters. The van der Waals surface area contributed by atoms with Crippen molar-refractivity contribution in [1.82, 2.24) is 9.29 Å². The van der Waals surface area contributed by atoms with Gasteiger partial charge in [-0.05, 0) is 43.2 Å². The summed E-state index contributed by atoms with van der Waals surface area (Å²) in [6, 6.07) is 7.68. The van der Waals surface area contributed by atoms with Crippen molar-refractivity contribution in [2.45, 2.75) is 17.7 Å². The maximum absolute atomic E-state index is 13.9. The molecule has 0 bridgehead atoms. The molecule has 11 heteroatoms. The van der Waals surface area contributed by atoms with Crippen LogP contribution in [0, 0.1) is 17.6 Å². The van der Waals surface area contributed by atoms with Crippen LogP contribution in [0.3, 0.4) is 0 Å². The summed E-state index contributed by atoms with van der Waals surface area (Å²) in [5.74, 6) is -2.53. The Morgan fingerprint density at radius 2 is 1.93 bits per heavy atom. The van der Waals surface area contributed by atoms with Crippen LogP contribution in [-0.2, 0) is 14.8 Å². The van der Waals surface area contributed by atoms with E-state index in [1.54, 1.807) is 12.1 Å². The van der Waals surface area contributed by atoms with Crippen molar-refractivity contribution in [3.05, 3.63) is 53.1 Å². The molecule has 158 valence electrons. The largest absolute Gasteiger partial charge is 0.302 e. The fraction of sp³-hybridized carbons (Fsp3) is 0.263. The van der Waals surface area contributed by atoms with Gasteiger partial charge in [0.05, 0.1) is 9.72 Å². The van der Waals surface area contributed by atoms with E-state index >= 15 is 0 Å². The van der Waals surface area contributed by atoms with E-state index < -0.39 is 32.5 Å². The number of piperidine rings is 1. The van der Waals surface area contributed by atoms with E-state index in [2.05, 4.69) is 10.3 Å². The molecular formula is C19H16ClF2N3O3S2. The summed E-state index contributed by atoms with van der Waals surface area (Å²) < 4.78 is 54.6. The van der Waals surface area contributed by atoms with Crippen molar-refractivity contribution in [2.24, 2.45) is 5.92 Å². The maximum Gasteiger partial charge on any atom is 0.246 e. The van der Waals surface area contributed by atoms with E-state index in [1.807, 2.05) is 6.07 Å². The molecule has 1 aliphatic heterocycles. The highest BCUT2D eigenvalue weighted by atomic mass is 35.5. The number of benzene rings is 2. The van der Waals surface area contributed by atoms with Gasteiger partial charge in [0.2, 0.25) is 15.9 Å². The van der Waals surface area contributed by atoms with Crippen molar-refractivity contribution < 1.29 is 22.0 Å². The van der Waals surface area contributed by atoms with Gasteiger partial charge in [-0.2, -0.15) is 4.31 Å². The van der Waals surface area contributed by atoms with Crippen molar-refractivity contribution in [3.8, 4) is 0 Å². The van der Waals surface area contributed by atoms with Crippen LogP contribution in [0.25, 0.3) is 10.2 Å². The number of sulfonamides is 1. The summed E-state index contributed by atoms with van der Waals surface area (Å²) in [7, 11) is -4.18. The standard InChI is InChI=1S/C19H16ClF2N3O3S2/c20-13-2-1-3-15-17(13)23-19(29-15)24-18(26)11-6-8-25(9-7-11)30(27,28)16-10-12(21)4-5-14(16)22/h1-5,10-11H,6-9H2,(H,23,24,26). The van der Waals surface area contributed by atoms with Gasteiger partial charge in [0, 0.05) is 19.0 Å². The average Bonchev–Trinajstić information content (AvgIpc) is 3.13. The zero-order chi connectivity index (χ0) is 21.5. The molecular weight excluding hydrogens is 456 g/mol. The Bertz CT molecular complexity index is 1220. The number of nitrogens with one attached hydrogen (secondary N) is 1. The van der Waals surface area contributed by atoms with Crippen LogP contribution in [0.4, 0.5) is 13.9 Å². The van der Waals surface area contributed by atoms with Crippen LogP contribution >= 0.6 is 22.9 Å². The highest BCUT2D eigenvalue weighted by Crippen LogP contribution is 2.32. The average molecular weight is 472 g/mol. The van der Waals surface area contributed by atoms with Crippen LogP contribution < -0.4 is 5.32 Å². The zero-order valence-corrected chi connectivity index (χ0v) is 17.8. The fourth-order valence-corrected chi connectivity index (χ4v) is 6.06. The number of fused-ring (bicyclic) bond motifs is 1. The molecule has 4 rings (SSSR count). The second kappa shape index (κ2) is 8.18. The van der Waals surface area contributed by atoms with Gasteiger partial charge in [-0.3, -0.25) is 4.79 Å². The minimum absolute atomic E-state index is 0.0298. The van der Waals surface area contributed by atoms with Crippen LogP contribution in [0.2, 0.25) is 5.02 Å². The second-order valence-electron chi connectivity index (χ2n) is 6.85. The molecule has 6 nitrogen and oxygen atoms in total. The van der Waals surface area contributed by atoms with Gasteiger partial charge >= 0.3 is 0 Å². The molecule has 0 atom stereocenters. The first-order valence-corrected chi connectivity index (χ1v) is 11.7. The lowest BCUT2D eigenvalue weighted by atomic mass is 9.97. The van der Waals surface area contributed by atoms with E-state index in [0.29, 0.717) is 21.7 Å². The summed E-state index contributed by atoms with van der Waals surface area (Å²) in [4.78, 5) is 16.2. The molecule has 30 heavy (non-hydrogen) atoms. The topological polar surface area (TPSA) is 79.4 Å². The van der Waals surface area contributed by atoms with Gasteiger partial charge in [0.15, 0.2) is 5.13 Å². The van der Waals surface area contributed by atoms with Gasteiger partial charge in [-0.15, -0.1) is 0 Å². The Balaban J connectivity index is 1.43. The number of rotatable bonds is 4. The van der Waals surface area contributed by atoms with E-state index in [0.717, 1.165) is 21.1 Å². The molecule has 0 aliphatic carbocycles. The first kappa shape index (κ1) is 21.1. The minimum Gasteiger partial charge on any atom is -0.302 e. The number of para-hydroxylation sites is 1. The zero-order valence-electron chi connectivity index (χ0n) is 15.4. The predicted molar refractivity (Wildman–Crippen MR) is 111 cm³/mol. The Morgan fingerprint density at radius 3 is 2.63 bits per heavy atom. The number of hydrogen-bond donors (Lipinski definition) is 1. The summed E-state index contributed by atoms with van der Waals surface area (Å²) >= 11 is 7.40. The van der Waals surface area contributed by atoms with Crippen molar-refractivity contribution in [2.75, 3.05) is 18.4 Å². The van der Waals surface area contributed by atoms with E-state index in [4.69, 9.17) is 11.6 Å². The SMILES string of the molecule is O=C(Nc1nc2c(Cl)cccc2s1)C1CCN(S(=O)(=O)c2cc(F)ccc2F)CC1. The van der Waals surface area contributed by atoms with Crippen LogP contribution in [0.5, 0.6) is 0 Å². The van der Waals surface area contributed by atoms with Gasteiger partial charge in [-0.1, -0.05) is 29.0 Å². The summed E-state index contributed by atoms with van der Waals surface area (Å²) in [6.07, 6.45) is 0.515. The number of aromatic nitrogens is 1. The molecule has 2 aromatic carbocycles. The van der Waals surface area contributed by atoms with Gasteiger partial charge in [0.1, 0.15) is 22.0 Å². The third-order valence-corrected chi connectivity index (χ3v) is 8.09. The lowest BCUT2D eigenvalue weighted by Gasteiger charge is -2.30. The van der Waals surface area contributed by atoms with Crippen molar-refractivity contribution >= 4 is 54.2 Å². The number of carbonyl (C=O) groups excluding carboxylic acids is 1. The Labute approximate surface area is 180 Å². The molecule has 1 amide bonds. The summed E-state index contributed by atoms with van der Waals surface area (Å²) in [5, 5.41) is 3.67. The second-order valence-corrected chi connectivity index (χ2v) is 10.2. The van der Waals surface area contributed by atoms with E-state index in [1.165, 1.54) is 11.3 Å². The van der Waals surface area contributed by atoms with Gasteiger partial charge < -0.3 is 5.32 Å². The number of amides is 1. The number of anilines is 1. The lowest BCUT2D eigenvalue weighted by molar-refractivity contribution is -0.120. The molecule has 0 saturated carbocycles. The summed E-state index contributed by atoms with van der Waals surface area (Å²) in [6.45, 7) is 0.0596. The third kappa shape index (κ3) is 4.04. The smallest absolute Gasteiger partial charge is 0.246 e. The Hall–Kier alpha value is -2.14. The molecule has 0 radical (unpaired) electrons. The van der Waals surface area contributed by atoms with Gasteiger partial charge in [0.25, 0.3) is 0 Å². The quantitative estimate of drug-likeness (QED) is 0.616. The molecule has 0 spiro atoms. The van der Waals surface area contributed by atoms with Crippen LogP contribution in [0.15, 0.2) is 41.3 Å². The predicted octanol–water partition coefficient (Wildman–Crippen LogP) is 4.27. The van der Waals surface area contributed by atoms with E-state index in [9.17, 15) is 22.0 Å². The lowest BCUT2D eigenvalue weighted by Crippen LogP contribution is -2.41. The normalized spacial score (nSPS) is 16.1. The maximum atomic E-state index is 13.9. The number of halogens is 3. The van der Waals surface area contributed by atoms with Crippen LogP contribution in [0.1, 0.15) is 12.8 Å². The van der Waals surface area contributed by atoms with Crippen LogP contribution in [-0.4, -0.2) is 36.7 Å². The van der Waals surface area contributed by atoms with E-state index in [-0.39, 0.29) is 31.8 Å². The van der Waals surface area contributed by atoms with Crippen molar-refractivity contribution in [1.29, 1.82) is 0 Å². The summed E-state index contributed by atoms with van der Waals surface area (Å²) in [5.41, 5.74) is 0.609. The molecule has 1 aromatic heterocycles. The Morgan fingerprint density at radius 1 is 1.20 bits per heavy atom. The minimum atomic E-state index is -4.18. The molecule has 1 saturated heterocycles. The first-order chi connectivity index (χ1) is 14.3. The third-order valence-electron chi connectivity index (χ3n) is 4.94.